The maximum absolute atomic E-state index is 13.3. The molecule has 1 amide bonds. The molecule has 1 heterocycles. The molecule has 5 rings (SSSR count). The van der Waals surface area contributed by atoms with Crippen LogP contribution in [-0.2, 0) is 0 Å². The first kappa shape index (κ1) is 20.7. The Bertz CT molecular complexity index is 1430. The van der Waals surface area contributed by atoms with Crippen LogP contribution in [0.3, 0.4) is 0 Å². The minimum Gasteiger partial charge on any atom is -0.457 e. The number of pyridine rings is 1. The molecule has 0 spiro atoms. The third kappa shape index (κ3) is 4.56. The highest BCUT2D eigenvalue weighted by molar-refractivity contribution is 6.33. The molecular formula is C28H19ClN2O2. The van der Waals surface area contributed by atoms with E-state index in [0.29, 0.717) is 27.7 Å². The Morgan fingerprint density at radius 1 is 0.758 bits per heavy atom. The molecule has 4 aromatic carbocycles. The fourth-order valence-electron chi connectivity index (χ4n) is 3.60. The Morgan fingerprint density at radius 2 is 1.42 bits per heavy atom. The SMILES string of the molecule is O=C(Nc1ccc(Oc2ccccc2)cc1)c1cc(-c2ccccc2Cl)nc2ccccc12. The fourth-order valence-corrected chi connectivity index (χ4v) is 3.83. The Morgan fingerprint density at radius 3 is 2.21 bits per heavy atom. The summed E-state index contributed by atoms with van der Waals surface area (Å²) in [7, 11) is 0. The van der Waals surface area contributed by atoms with E-state index >= 15 is 0 Å². The molecule has 0 atom stereocenters. The van der Waals surface area contributed by atoms with Crippen molar-refractivity contribution in [3.05, 3.63) is 120 Å². The Labute approximate surface area is 196 Å². The summed E-state index contributed by atoms with van der Waals surface area (Å²) in [5, 5.41) is 4.34. The summed E-state index contributed by atoms with van der Waals surface area (Å²) in [5.74, 6) is 1.22. The minimum absolute atomic E-state index is 0.223. The van der Waals surface area contributed by atoms with Gasteiger partial charge < -0.3 is 10.1 Å². The summed E-state index contributed by atoms with van der Waals surface area (Å²) in [6.45, 7) is 0. The zero-order valence-corrected chi connectivity index (χ0v) is 18.3. The monoisotopic (exact) mass is 450 g/mol. The second-order valence-corrected chi connectivity index (χ2v) is 7.85. The number of nitrogens with zero attached hydrogens (tertiary/aromatic N) is 1. The Hall–Kier alpha value is -4.15. The molecule has 33 heavy (non-hydrogen) atoms. The fraction of sp³-hybridized carbons (Fsp3) is 0. The van der Waals surface area contributed by atoms with Gasteiger partial charge in [0.2, 0.25) is 0 Å². The van der Waals surface area contributed by atoms with Crippen LogP contribution in [-0.4, -0.2) is 10.9 Å². The van der Waals surface area contributed by atoms with Gasteiger partial charge in [-0.05, 0) is 54.6 Å². The predicted octanol–water partition coefficient (Wildman–Crippen LogP) is 7.60. The topological polar surface area (TPSA) is 51.2 Å². The molecule has 0 radical (unpaired) electrons. The van der Waals surface area contributed by atoms with Crippen molar-refractivity contribution in [1.82, 2.24) is 4.98 Å². The number of amides is 1. The first-order chi connectivity index (χ1) is 16.2. The molecule has 0 aliphatic rings. The van der Waals surface area contributed by atoms with Crippen LogP contribution in [0.5, 0.6) is 11.5 Å². The van der Waals surface area contributed by atoms with Gasteiger partial charge in [-0.1, -0.05) is 66.2 Å². The van der Waals surface area contributed by atoms with Crippen LogP contribution in [0.2, 0.25) is 5.02 Å². The number of para-hydroxylation sites is 2. The number of benzene rings is 4. The average molecular weight is 451 g/mol. The van der Waals surface area contributed by atoms with Gasteiger partial charge in [-0.2, -0.15) is 0 Å². The minimum atomic E-state index is -0.223. The van der Waals surface area contributed by atoms with Crippen LogP contribution in [0.25, 0.3) is 22.2 Å². The van der Waals surface area contributed by atoms with E-state index < -0.39 is 0 Å². The maximum Gasteiger partial charge on any atom is 0.256 e. The van der Waals surface area contributed by atoms with Gasteiger partial charge in [-0.25, -0.2) is 4.98 Å². The molecule has 5 heteroatoms. The number of hydrogen-bond acceptors (Lipinski definition) is 3. The van der Waals surface area contributed by atoms with Crippen LogP contribution < -0.4 is 10.1 Å². The van der Waals surface area contributed by atoms with Crippen molar-refractivity contribution in [3.63, 3.8) is 0 Å². The largest absolute Gasteiger partial charge is 0.457 e. The van der Waals surface area contributed by atoms with Crippen LogP contribution in [0.1, 0.15) is 10.4 Å². The first-order valence-electron chi connectivity index (χ1n) is 10.5. The van der Waals surface area contributed by atoms with Crippen molar-refractivity contribution < 1.29 is 9.53 Å². The summed E-state index contributed by atoms with van der Waals surface area (Å²) in [4.78, 5) is 18.0. The van der Waals surface area contributed by atoms with Gasteiger partial charge in [-0.15, -0.1) is 0 Å². The molecule has 0 aliphatic heterocycles. The highest BCUT2D eigenvalue weighted by Crippen LogP contribution is 2.30. The first-order valence-corrected chi connectivity index (χ1v) is 10.8. The third-order valence-electron chi connectivity index (χ3n) is 5.20. The molecule has 1 N–H and O–H groups in total. The van der Waals surface area contributed by atoms with E-state index in [1.54, 1.807) is 6.07 Å². The van der Waals surface area contributed by atoms with E-state index in [4.69, 9.17) is 21.3 Å². The van der Waals surface area contributed by atoms with Crippen LogP contribution in [0.4, 0.5) is 5.69 Å². The third-order valence-corrected chi connectivity index (χ3v) is 5.53. The van der Waals surface area contributed by atoms with Crippen molar-refractivity contribution in [2.75, 3.05) is 5.32 Å². The van der Waals surface area contributed by atoms with Gasteiger partial charge in [0.15, 0.2) is 0 Å². The summed E-state index contributed by atoms with van der Waals surface area (Å²) < 4.78 is 5.82. The number of nitrogens with one attached hydrogen (secondary N) is 1. The zero-order valence-electron chi connectivity index (χ0n) is 17.5. The van der Waals surface area contributed by atoms with E-state index in [-0.39, 0.29) is 5.91 Å². The zero-order chi connectivity index (χ0) is 22.6. The number of ether oxygens (including phenoxy) is 1. The van der Waals surface area contributed by atoms with Crippen LogP contribution in [0.15, 0.2) is 109 Å². The lowest BCUT2D eigenvalue weighted by Crippen LogP contribution is -2.13. The highest BCUT2D eigenvalue weighted by Gasteiger charge is 2.15. The molecule has 0 saturated heterocycles. The number of fused-ring (bicyclic) bond motifs is 1. The second kappa shape index (κ2) is 9.15. The molecule has 0 bridgehead atoms. The molecule has 160 valence electrons. The van der Waals surface area contributed by atoms with Crippen LogP contribution >= 0.6 is 11.6 Å². The van der Waals surface area contributed by atoms with Crippen LogP contribution in [0, 0.1) is 0 Å². The van der Waals surface area contributed by atoms with E-state index in [1.807, 2.05) is 103 Å². The van der Waals surface area contributed by atoms with Crippen molar-refractivity contribution in [2.45, 2.75) is 0 Å². The number of carbonyl (C=O) groups excluding carboxylic acids is 1. The normalized spacial score (nSPS) is 10.7. The summed E-state index contributed by atoms with van der Waals surface area (Å²) in [5.41, 5.74) is 3.35. The van der Waals surface area contributed by atoms with Crippen molar-refractivity contribution in [2.24, 2.45) is 0 Å². The van der Waals surface area contributed by atoms with E-state index in [2.05, 4.69) is 5.32 Å². The lowest BCUT2D eigenvalue weighted by atomic mass is 10.0. The van der Waals surface area contributed by atoms with Crippen molar-refractivity contribution in [1.29, 1.82) is 0 Å². The molecule has 0 aliphatic carbocycles. The predicted molar refractivity (Wildman–Crippen MR) is 133 cm³/mol. The van der Waals surface area contributed by atoms with Crippen molar-refractivity contribution >= 4 is 34.1 Å². The number of carbonyl (C=O) groups is 1. The molecule has 0 unspecified atom stereocenters. The van der Waals surface area contributed by atoms with Crippen molar-refractivity contribution in [3.8, 4) is 22.8 Å². The maximum atomic E-state index is 13.3. The molecule has 5 aromatic rings. The number of halogens is 1. The quantitative estimate of drug-likeness (QED) is 0.300. The standard InChI is InChI=1S/C28H19ClN2O2/c29-25-12-6-4-11-23(25)27-18-24(22-10-5-7-13-26(22)31-27)28(32)30-19-14-16-21(17-15-19)33-20-8-2-1-3-9-20/h1-18H,(H,30,32). The molecular weight excluding hydrogens is 432 g/mol. The average Bonchev–Trinajstić information content (AvgIpc) is 2.85. The molecule has 0 fully saturated rings. The number of anilines is 1. The highest BCUT2D eigenvalue weighted by atomic mass is 35.5. The van der Waals surface area contributed by atoms with Gasteiger partial charge >= 0.3 is 0 Å². The van der Waals surface area contributed by atoms with Gasteiger partial charge in [0.05, 0.1) is 16.8 Å². The van der Waals surface area contributed by atoms with Gasteiger partial charge in [-0.3, -0.25) is 4.79 Å². The lowest BCUT2D eigenvalue weighted by Gasteiger charge is -2.12. The summed E-state index contributed by atoms with van der Waals surface area (Å²) in [6.07, 6.45) is 0. The van der Waals surface area contributed by atoms with Gasteiger partial charge in [0.25, 0.3) is 5.91 Å². The number of hydrogen-bond donors (Lipinski definition) is 1. The van der Waals surface area contributed by atoms with E-state index in [9.17, 15) is 4.79 Å². The van der Waals surface area contributed by atoms with E-state index in [1.165, 1.54) is 0 Å². The number of rotatable bonds is 5. The second-order valence-electron chi connectivity index (χ2n) is 7.45. The Kier molecular flexibility index (Phi) is 5.75. The molecule has 0 saturated carbocycles. The number of aromatic nitrogens is 1. The Balaban J connectivity index is 1.44. The van der Waals surface area contributed by atoms with Gasteiger partial charge in [0.1, 0.15) is 11.5 Å². The summed E-state index contributed by atoms with van der Waals surface area (Å²) >= 11 is 6.39. The van der Waals surface area contributed by atoms with Gasteiger partial charge in [0, 0.05) is 21.7 Å². The lowest BCUT2D eigenvalue weighted by molar-refractivity contribution is 0.102. The van der Waals surface area contributed by atoms with E-state index in [0.717, 1.165) is 22.2 Å². The summed E-state index contributed by atoms with van der Waals surface area (Å²) in [6, 6.07) is 33.7. The molecule has 4 nitrogen and oxygen atoms in total. The molecule has 1 aromatic heterocycles. The smallest absolute Gasteiger partial charge is 0.256 e.